The molecule has 0 bridgehead atoms. The smallest absolute Gasteiger partial charge is 0.387 e. The fraction of sp³-hybridized carbons (Fsp3) is 0.176. The standard InChI is InChI=1S/C17H14ClF2NO4/c1-10(24-16(23)11-5-3-2-4-6-11)15(22)21-12-7-8-14(13(18)9-12)25-17(19)20/h2-10,17H,1H3,(H,21,22). The van der Waals surface area contributed by atoms with Gasteiger partial charge in [-0.05, 0) is 37.3 Å². The second-order valence-corrected chi connectivity index (χ2v) is 5.33. The molecule has 2 rings (SSSR count). The number of ether oxygens (including phenoxy) is 2. The van der Waals surface area contributed by atoms with Gasteiger partial charge in [0.2, 0.25) is 0 Å². The second kappa shape index (κ2) is 8.43. The van der Waals surface area contributed by atoms with Crippen LogP contribution in [0.4, 0.5) is 14.5 Å². The van der Waals surface area contributed by atoms with Crippen LogP contribution in [0.2, 0.25) is 5.02 Å². The van der Waals surface area contributed by atoms with Gasteiger partial charge in [0.25, 0.3) is 5.91 Å². The minimum absolute atomic E-state index is 0.0907. The molecule has 0 heterocycles. The van der Waals surface area contributed by atoms with Crippen LogP contribution in [0.15, 0.2) is 48.5 Å². The molecule has 1 amide bonds. The van der Waals surface area contributed by atoms with Gasteiger partial charge >= 0.3 is 12.6 Å². The molecule has 0 saturated heterocycles. The zero-order valence-electron chi connectivity index (χ0n) is 13.0. The number of alkyl halides is 2. The largest absolute Gasteiger partial charge is 0.449 e. The molecule has 2 aromatic carbocycles. The molecular formula is C17H14ClF2NO4. The maximum atomic E-state index is 12.2. The minimum Gasteiger partial charge on any atom is -0.449 e. The SMILES string of the molecule is CC(OC(=O)c1ccccc1)C(=O)Nc1ccc(OC(F)F)c(Cl)c1. The molecule has 5 nitrogen and oxygen atoms in total. The van der Waals surface area contributed by atoms with Crippen LogP contribution in [0.1, 0.15) is 17.3 Å². The van der Waals surface area contributed by atoms with Crippen molar-refractivity contribution in [1.82, 2.24) is 0 Å². The lowest BCUT2D eigenvalue weighted by Crippen LogP contribution is -2.30. The van der Waals surface area contributed by atoms with Gasteiger partial charge in [-0.2, -0.15) is 8.78 Å². The average molecular weight is 370 g/mol. The monoisotopic (exact) mass is 369 g/mol. The molecule has 0 spiro atoms. The third kappa shape index (κ3) is 5.42. The van der Waals surface area contributed by atoms with Crippen molar-refractivity contribution in [3.8, 4) is 5.75 Å². The zero-order valence-corrected chi connectivity index (χ0v) is 13.8. The Balaban J connectivity index is 1.97. The van der Waals surface area contributed by atoms with Crippen LogP contribution in [-0.2, 0) is 9.53 Å². The number of nitrogens with one attached hydrogen (secondary N) is 1. The van der Waals surface area contributed by atoms with Crippen LogP contribution in [-0.4, -0.2) is 24.6 Å². The van der Waals surface area contributed by atoms with Crippen LogP contribution in [0.25, 0.3) is 0 Å². The van der Waals surface area contributed by atoms with Crippen LogP contribution in [0.5, 0.6) is 5.75 Å². The highest BCUT2D eigenvalue weighted by molar-refractivity contribution is 6.32. The molecule has 1 N–H and O–H groups in total. The maximum absolute atomic E-state index is 12.2. The van der Waals surface area contributed by atoms with E-state index in [-0.39, 0.29) is 16.5 Å². The number of amides is 1. The summed E-state index contributed by atoms with van der Waals surface area (Å²) in [4.78, 5) is 24.0. The molecule has 0 aromatic heterocycles. The lowest BCUT2D eigenvalue weighted by Gasteiger charge is -2.14. The second-order valence-electron chi connectivity index (χ2n) is 4.93. The summed E-state index contributed by atoms with van der Waals surface area (Å²) in [6.45, 7) is -1.60. The van der Waals surface area contributed by atoms with Gasteiger partial charge in [-0.3, -0.25) is 4.79 Å². The summed E-state index contributed by atoms with van der Waals surface area (Å²) in [6, 6.07) is 12.0. The Labute approximate surface area is 147 Å². The maximum Gasteiger partial charge on any atom is 0.387 e. The van der Waals surface area contributed by atoms with Crippen molar-refractivity contribution >= 4 is 29.2 Å². The number of carbonyl (C=O) groups is 2. The highest BCUT2D eigenvalue weighted by Gasteiger charge is 2.19. The van der Waals surface area contributed by atoms with Crippen LogP contribution >= 0.6 is 11.6 Å². The number of anilines is 1. The summed E-state index contributed by atoms with van der Waals surface area (Å²) in [5, 5.41) is 2.39. The lowest BCUT2D eigenvalue weighted by molar-refractivity contribution is -0.123. The molecule has 132 valence electrons. The van der Waals surface area contributed by atoms with Crippen LogP contribution in [0, 0.1) is 0 Å². The van der Waals surface area contributed by atoms with E-state index in [1.165, 1.54) is 25.1 Å². The van der Waals surface area contributed by atoms with Gasteiger partial charge in [-0.25, -0.2) is 4.79 Å². The van der Waals surface area contributed by atoms with Gasteiger partial charge in [0.05, 0.1) is 10.6 Å². The van der Waals surface area contributed by atoms with Crippen molar-refractivity contribution in [2.45, 2.75) is 19.6 Å². The highest BCUT2D eigenvalue weighted by Crippen LogP contribution is 2.29. The Hall–Kier alpha value is -2.67. The molecule has 0 aliphatic carbocycles. The van der Waals surface area contributed by atoms with Crippen LogP contribution in [0.3, 0.4) is 0 Å². The molecule has 0 aliphatic rings. The Bertz CT molecular complexity index is 756. The number of hydrogen-bond donors (Lipinski definition) is 1. The van der Waals surface area contributed by atoms with Crippen molar-refractivity contribution in [1.29, 1.82) is 0 Å². The predicted octanol–water partition coefficient (Wildman–Crippen LogP) is 4.13. The summed E-state index contributed by atoms with van der Waals surface area (Å²) >= 11 is 5.81. The summed E-state index contributed by atoms with van der Waals surface area (Å²) in [6.07, 6.45) is -1.07. The van der Waals surface area contributed by atoms with Gasteiger partial charge in [0, 0.05) is 5.69 Å². The van der Waals surface area contributed by atoms with E-state index in [0.29, 0.717) is 5.56 Å². The highest BCUT2D eigenvalue weighted by atomic mass is 35.5. The third-order valence-corrected chi connectivity index (χ3v) is 3.37. The normalized spacial score (nSPS) is 11.7. The van der Waals surface area contributed by atoms with E-state index in [1.54, 1.807) is 30.3 Å². The molecule has 0 saturated carbocycles. The lowest BCUT2D eigenvalue weighted by atomic mass is 10.2. The predicted molar refractivity (Wildman–Crippen MR) is 88.0 cm³/mol. The molecule has 25 heavy (non-hydrogen) atoms. The third-order valence-electron chi connectivity index (χ3n) is 3.08. The fourth-order valence-electron chi connectivity index (χ4n) is 1.87. The topological polar surface area (TPSA) is 64.6 Å². The molecular weight excluding hydrogens is 356 g/mol. The first-order valence-electron chi connectivity index (χ1n) is 7.18. The number of rotatable bonds is 6. The Morgan fingerprint density at radius 3 is 2.40 bits per heavy atom. The number of hydrogen-bond acceptors (Lipinski definition) is 4. The zero-order chi connectivity index (χ0) is 18.4. The first-order chi connectivity index (χ1) is 11.9. The molecule has 0 fully saturated rings. The molecule has 0 radical (unpaired) electrons. The molecule has 1 atom stereocenters. The van der Waals surface area contributed by atoms with Crippen LogP contribution < -0.4 is 10.1 Å². The number of carbonyl (C=O) groups excluding carboxylic acids is 2. The van der Waals surface area contributed by atoms with Crippen molar-refractivity contribution in [3.05, 3.63) is 59.1 Å². The van der Waals surface area contributed by atoms with Gasteiger partial charge in [-0.1, -0.05) is 29.8 Å². The quantitative estimate of drug-likeness (QED) is 0.778. The first-order valence-corrected chi connectivity index (χ1v) is 7.56. The van der Waals surface area contributed by atoms with E-state index < -0.39 is 24.6 Å². The average Bonchev–Trinajstić information content (AvgIpc) is 2.57. The van der Waals surface area contributed by atoms with E-state index in [1.807, 2.05) is 0 Å². The van der Waals surface area contributed by atoms with Gasteiger partial charge in [-0.15, -0.1) is 0 Å². The summed E-state index contributed by atoms with van der Waals surface area (Å²) in [5.74, 6) is -1.44. The number of halogens is 3. The first kappa shape index (κ1) is 18.7. The Kier molecular flexibility index (Phi) is 6.30. The number of esters is 1. The van der Waals surface area contributed by atoms with E-state index in [2.05, 4.69) is 10.1 Å². The van der Waals surface area contributed by atoms with E-state index >= 15 is 0 Å². The molecule has 8 heteroatoms. The van der Waals surface area contributed by atoms with Gasteiger partial charge in [0.15, 0.2) is 6.10 Å². The van der Waals surface area contributed by atoms with Gasteiger partial charge in [0.1, 0.15) is 5.75 Å². The van der Waals surface area contributed by atoms with Gasteiger partial charge < -0.3 is 14.8 Å². The molecule has 2 aromatic rings. The minimum atomic E-state index is -3.00. The van der Waals surface area contributed by atoms with Crippen molar-refractivity contribution in [2.75, 3.05) is 5.32 Å². The summed E-state index contributed by atoms with van der Waals surface area (Å²) < 4.78 is 33.6. The molecule has 1 unspecified atom stereocenters. The van der Waals surface area contributed by atoms with E-state index in [4.69, 9.17) is 16.3 Å². The summed E-state index contributed by atoms with van der Waals surface area (Å²) in [5.41, 5.74) is 0.568. The van der Waals surface area contributed by atoms with Crippen molar-refractivity contribution in [2.24, 2.45) is 0 Å². The number of benzene rings is 2. The van der Waals surface area contributed by atoms with Crippen molar-refractivity contribution in [3.63, 3.8) is 0 Å². The van der Waals surface area contributed by atoms with E-state index in [9.17, 15) is 18.4 Å². The van der Waals surface area contributed by atoms with E-state index in [0.717, 1.165) is 0 Å². The Morgan fingerprint density at radius 2 is 1.80 bits per heavy atom. The molecule has 0 aliphatic heterocycles. The van der Waals surface area contributed by atoms with Crippen molar-refractivity contribution < 1.29 is 27.8 Å². The summed E-state index contributed by atoms with van der Waals surface area (Å²) in [7, 11) is 0. The fourth-order valence-corrected chi connectivity index (χ4v) is 2.10. The Morgan fingerprint density at radius 1 is 1.12 bits per heavy atom.